The molecule has 0 radical (unpaired) electrons. The molecule has 0 spiro atoms. The highest BCUT2D eigenvalue weighted by molar-refractivity contribution is 6.42. The molecule has 1 N–H and O–H groups in total. The van der Waals surface area contributed by atoms with E-state index in [9.17, 15) is 9.59 Å². The first-order valence-electron chi connectivity index (χ1n) is 7.01. The van der Waals surface area contributed by atoms with E-state index < -0.39 is 0 Å². The highest BCUT2D eigenvalue weighted by Crippen LogP contribution is 2.57. The SMILES string of the molecule is O=C(Nc1ccc(Cl)c(Cl)c1)[C@H]1[C@@H]2C[C@H]3[C@@H]1C(=O)O[C@@H]3C2. The van der Waals surface area contributed by atoms with Crippen LogP contribution >= 0.6 is 23.2 Å². The monoisotopic (exact) mass is 325 g/mol. The van der Waals surface area contributed by atoms with E-state index in [-0.39, 0.29) is 41.7 Å². The molecule has 5 atom stereocenters. The molecule has 0 unspecified atom stereocenters. The number of hydrogen-bond acceptors (Lipinski definition) is 3. The van der Waals surface area contributed by atoms with Crippen LogP contribution in [0.25, 0.3) is 0 Å². The zero-order valence-corrected chi connectivity index (χ0v) is 12.5. The zero-order valence-electron chi connectivity index (χ0n) is 11.0. The van der Waals surface area contributed by atoms with Gasteiger partial charge in [0.1, 0.15) is 6.10 Å². The van der Waals surface area contributed by atoms with Gasteiger partial charge in [0, 0.05) is 11.6 Å². The predicted molar refractivity (Wildman–Crippen MR) is 78.2 cm³/mol. The van der Waals surface area contributed by atoms with Crippen LogP contribution in [0.4, 0.5) is 5.69 Å². The van der Waals surface area contributed by atoms with Crippen LogP contribution in [-0.2, 0) is 14.3 Å². The second-order valence-electron chi connectivity index (χ2n) is 6.04. The first-order valence-corrected chi connectivity index (χ1v) is 7.76. The van der Waals surface area contributed by atoms with Crippen molar-refractivity contribution in [3.05, 3.63) is 28.2 Å². The number of anilines is 1. The Labute approximate surface area is 131 Å². The molecule has 4 nitrogen and oxygen atoms in total. The number of carbonyl (C=O) groups is 2. The van der Waals surface area contributed by atoms with Crippen molar-refractivity contribution in [1.29, 1.82) is 0 Å². The van der Waals surface area contributed by atoms with Crippen molar-refractivity contribution in [3.63, 3.8) is 0 Å². The topological polar surface area (TPSA) is 55.4 Å². The number of ether oxygens (including phenoxy) is 1. The standard InChI is InChI=1S/C15H13Cl2NO3/c16-9-2-1-7(5-10(9)17)18-14(19)12-6-3-8-11(4-6)21-15(20)13(8)12/h1-2,5-6,8,11-13H,3-4H2,(H,18,19)/t6-,8-,11-,12+,13+/m1/s1. The van der Waals surface area contributed by atoms with E-state index in [2.05, 4.69) is 5.32 Å². The molecule has 2 bridgehead atoms. The number of hydrogen-bond donors (Lipinski definition) is 1. The fourth-order valence-electron chi connectivity index (χ4n) is 4.16. The second kappa shape index (κ2) is 4.62. The number of esters is 1. The van der Waals surface area contributed by atoms with Crippen LogP contribution in [-0.4, -0.2) is 18.0 Å². The predicted octanol–water partition coefficient (Wildman–Crippen LogP) is 3.13. The van der Waals surface area contributed by atoms with Gasteiger partial charge in [-0.05, 0) is 37.0 Å². The molecule has 0 aromatic heterocycles. The fourth-order valence-corrected chi connectivity index (χ4v) is 4.46. The smallest absolute Gasteiger partial charge is 0.310 e. The maximum Gasteiger partial charge on any atom is 0.310 e. The number of fused-ring (bicyclic) bond motifs is 1. The third-order valence-corrected chi connectivity index (χ3v) is 5.71. The lowest BCUT2D eigenvalue weighted by Crippen LogP contribution is -2.35. The van der Waals surface area contributed by atoms with Crippen LogP contribution in [0.15, 0.2) is 18.2 Å². The summed E-state index contributed by atoms with van der Waals surface area (Å²) < 4.78 is 5.35. The van der Waals surface area contributed by atoms with Gasteiger partial charge in [-0.1, -0.05) is 23.2 Å². The quantitative estimate of drug-likeness (QED) is 0.850. The molecule has 1 amide bonds. The van der Waals surface area contributed by atoms with Crippen molar-refractivity contribution in [3.8, 4) is 0 Å². The molecule has 2 saturated carbocycles. The minimum Gasteiger partial charge on any atom is -0.462 e. The lowest BCUT2D eigenvalue weighted by atomic mass is 9.79. The highest BCUT2D eigenvalue weighted by atomic mass is 35.5. The molecule has 6 heteroatoms. The fraction of sp³-hybridized carbons (Fsp3) is 0.467. The third kappa shape index (κ3) is 1.96. The van der Waals surface area contributed by atoms with Crippen LogP contribution in [0.3, 0.4) is 0 Å². The molecular weight excluding hydrogens is 313 g/mol. The van der Waals surface area contributed by atoms with Crippen LogP contribution < -0.4 is 5.32 Å². The van der Waals surface area contributed by atoms with Gasteiger partial charge in [-0.15, -0.1) is 0 Å². The Morgan fingerprint density at radius 3 is 2.81 bits per heavy atom. The van der Waals surface area contributed by atoms with Crippen LogP contribution in [0.1, 0.15) is 12.8 Å². The summed E-state index contributed by atoms with van der Waals surface area (Å²) in [5.41, 5.74) is 0.597. The van der Waals surface area contributed by atoms with E-state index >= 15 is 0 Å². The van der Waals surface area contributed by atoms with Gasteiger partial charge in [0.15, 0.2) is 0 Å². The molecule has 1 aliphatic heterocycles. The van der Waals surface area contributed by atoms with E-state index in [4.69, 9.17) is 27.9 Å². The first kappa shape index (κ1) is 13.4. The Kier molecular flexibility index (Phi) is 2.95. The van der Waals surface area contributed by atoms with Gasteiger partial charge in [0.05, 0.1) is 21.9 Å². The van der Waals surface area contributed by atoms with Crippen molar-refractivity contribution in [2.75, 3.05) is 5.32 Å². The van der Waals surface area contributed by atoms with Crippen LogP contribution in [0, 0.1) is 23.7 Å². The summed E-state index contributed by atoms with van der Waals surface area (Å²) in [6.07, 6.45) is 1.77. The van der Waals surface area contributed by atoms with Gasteiger partial charge >= 0.3 is 5.97 Å². The Morgan fingerprint density at radius 2 is 2.05 bits per heavy atom. The molecule has 3 aliphatic rings. The summed E-state index contributed by atoms with van der Waals surface area (Å²) in [7, 11) is 0. The van der Waals surface area contributed by atoms with Crippen molar-refractivity contribution >= 4 is 40.8 Å². The average molecular weight is 326 g/mol. The lowest BCUT2D eigenvalue weighted by molar-refractivity contribution is -0.145. The second-order valence-corrected chi connectivity index (χ2v) is 6.85. The van der Waals surface area contributed by atoms with E-state index in [1.807, 2.05) is 0 Å². The summed E-state index contributed by atoms with van der Waals surface area (Å²) in [6, 6.07) is 4.96. The first-order chi connectivity index (χ1) is 10.0. The number of carbonyl (C=O) groups excluding carboxylic acids is 2. The minimum atomic E-state index is -0.282. The summed E-state index contributed by atoms with van der Waals surface area (Å²) in [5.74, 6) is -0.402. The maximum absolute atomic E-state index is 12.5. The van der Waals surface area contributed by atoms with Gasteiger partial charge in [0.2, 0.25) is 5.91 Å². The van der Waals surface area contributed by atoms with Crippen molar-refractivity contribution in [2.45, 2.75) is 18.9 Å². The molecule has 2 aliphatic carbocycles. The lowest BCUT2D eigenvalue weighted by Gasteiger charge is -2.23. The largest absolute Gasteiger partial charge is 0.462 e. The van der Waals surface area contributed by atoms with Crippen molar-refractivity contribution in [1.82, 2.24) is 0 Å². The average Bonchev–Trinajstić information content (AvgIpc) is 3.04. The molecule has 110 valence electrons. The molecule has 4 rings (SSSR count). The highest BCUT2D eigenvalue weighted by Gasteiger charge is 2.63. The number of benzene rings is 1. The Hall–Kier alpha value is -1.26. The van der Waals surface area contributed by atoms with Gasteiger partial charge in [-0.2, -0.15) is 0 Å². The van der Waals surface area contributed by atoms with E-state index in [0.29, 0.717) is 15.7 Å². The summed E-state index contributed by atoms with van der Waals surface area (Å²) in [4.78, 5) is 24.5. The van der Waals surface area contributed by atoms with Gasteiger partial charge in [-0.3, -0.25) is 9.59 Å². The number of halogens is 2. The Balaban J connectivity index is 1.55. The molecule has 21 heavy (non-hydrogen) atoms. The molecule has 1 aromatic rings. The summed E-state index contributed by atoms with van der Waals surface area (Å²) >= 11 is 11.8. The zero-order chi connectivity index (χ0) is 14.7. The van der Waals surface area contributed by atoms with Gasteiger partial charge < -0.3 is 10.1 Å². The van der Waals surface area contributed by atoms with E-state index in [1.165, 1.54) is 0 Å². The Morgan fingerprint density at radius 1 is 1.24 bits per heavy atom. The van der Waals surface area contributed by atoms with Crippen LogP contribution in [0.2, 0.25) is 10.0 Å². The molecule has 1 saturated heterocycles. The minimum absolute atomic E-state index is 0.0431. The maximum atomic E-state index is 12.5. The molecular formula is C15H13Cl2NO3. The number of nitrogens with one attached hydrogen (secondary N) is 1. The number of amides is 1. The molecule has 3 fully saturated rings. The number of rotatable bonds is 2. The third-order valence-electron chi connectivity index (χ3n) is 4.97. The Bertz CT molecular complexity index is 646. The summed E-state index contributed by atoms with van der Waals surface area (Å²) in [5, 5.41) is 3.68. The van der Waals surface area contributed by atoms with Crippen molar-refractivity contribution < 1.29 is 14.3 Å². The van der Waals surface area contributed by atoms with Gasteiger partial charge in [-0.25, -0.2) is 0 Å². The van der Waals surface area contributed by atoms with E-state index in [0.717, 1.165) is 12.8 Å². The normalized spacial score (nSPS) is 35.9. The van der Waals surface area contributed by atoms with Crippen molar-refractivity contribution in [2.24, 2.45) is 23.7 Å². The van der Waals surface area contributed by atoms with E-state index in [1.54, 1.807) is 18.2 Å². The molecule has 1 aromatic carbocycles. The molecule has 1 heterocycles. The van der Waals surface area contributed by atoms with Gasteiger partial charge in [0.25, 0.3) is 0 Å². The van der Waals surface area contributed by atoms with Crippen LogP contribution in [0.5, 0.6) is 0 Å². The summed E-state index contributed by atoms with van der Waals surface area (Å²) in [6.45, 7) is 0.